The van der Waals surface area contributed by atoms with E-state index in [1.54, 1.807) is 6.92 Å². The number of nitrogens with zero attached hydrogens (tertiary/aromatic N) is 1. The van der Waals surface area contributed by atoms with Gasteiger partial charge in [-0.15, -0.1) is 11.3 Å². The summed E-state index contributed by atoms with van der Waals surface area (Å²) >= 11 is 2.96. The summed E-state index contributed by atoms with van der Waals surface area (Å²) in [5.74, 6) is 0.301. The van der Waals surface area contributed by atoms with Crippen LogP contribution in [-0.2, 0) is 9.53 Å². The SMILES string of the molecule is CSCC[C@@H](NC(N)=O)C(=O)O[C@@H](C)c1nc2sc(C)c(C)c2c(=O)[nH]1. The van der Waals surface area contributed by atoms with Gasteiger partial charge >= 0.3 is 12.0 Å². The van der Waals surface area contributed by atoms with Crippen molar-refractivity contribution in [1.29, 1.82) is 0 Å². The van der Waals surface area contributed by atoms with Crippen molar-refractivity contribution >= 4 is 45.3 Å². The smallest absolute Gasteiger partial charge is 0.329 e. The van der Waals surface area contributed by atoms with Gasteiger partial charge < -0.3 is 20.8 Å². The number of hydrogen-bond acceptors (Lipinski definition) is 7. The second kappa shape index (κ2) is 8.54. The molecule has 2 atom stereocenters. The molecule has 2 rings (SSSR count). The number of amides is 2. The number of ether oxygens (including phenoxy) is 1. The molecule has 0 aromatic carbocycles. The quantitative estimate of drug-likeness (QED) is 0.612. The number of aromatic amines is 1. The Morgan fingerprint density at radius 1 is 1.42 bits per heavy atom. The minimum atomic E-state index is -0.843. The van der Waals surface area contributed by atoms with Crippen LogP contribution in [0.4, 0.5) is 4.79 Å². The number of carbonyl (C=O) groups is 2. The van der Waals surface area contributed by atoms with Crippen LogP contribution in [0.5, 0.6) is 0 Å². The highest BCUT2D eigenvalue weighted by molar-refractivity contribution is 7.98. The van der Waals surface area contributed by atoms with Crippen molar-refractivity contribution in [2.24, 2.45) is 5.73 Å². The molecule has 2 aromatic heterocycles. The first-order valence-corrected chi connectivity index (χ1v) is 10.2. The Labute approximate surface area is 158 Å². The Balaban J connectivity index is 2.21. The second-order valence-corrected chi connectivity index (χ2v) is 8.03. The molecule has 10 heteroatoms. The van der Waals surface area contributed by atoms with Gasteiger partial charge in [0.05, 0.1) is 5.39 Å². The lowest BCUT2D eigenvalue weighted by Gasteiger charge is -2.19. The summed E-state index contributed by atoms with van der Waals surface area (Å²) in [4.78, 5) is 44.5. The van der Waals surface area contributed by atoms with Gasteiger partial charge in [0.2, 0.25) is 0 Å². The predicted octanol–water partition coefficient (Wildman–Crippen LogP) is 2.00. The van der Waals surface area contributed by atoms with Gasteiger partial charge in [-0.1, -0.05) is 0 Å². The number of aryl methyl sites for hydroxylation is 2. The molecule has 0 saturated carbocycles. The molecule has 0 aliphatic carbocycles. The Hall–Kier alpha value is -2.07. The predicted molar refractivity (Wildman–Crippen MR) is 104 cm³/mol. The van der Waals surface area contributed by atoms with Crippen molar-refractivity contribution in [3.63, 3.8) is 0 Å². The highest BCUT2D eigenvalue weighted by Crippen LogP contribution is 2.27. The molecule has 4 N–H and O–H groups in total. The molecule has 0 radical (unpaired) electrons. The van der Waals surface area contributed by atoms with Crippen molar-refractivity contribution < 1.29 is 14.3 Å². The van der Waals surface area contributed by atoms with Crippen LogP contribution in [0, 0.1) is 13.8 Å². The molecular weight excluding hydrogens is 376 g/mol. The van der Waals surface area contributed by atoms with Gasteiger partial charge in [-0.25, -0.2) is 14.6 Å². The topological polar surface area (TPSA) is 127 Å². The minimum absolute atomic E-state index is 0.260. The first-order valence-electron chi connectivity index (χ1n) is 7.99. The Morgan fingerprint density at radius 3 is 2.73 bits per heavy atom. The highest BCUT2D eigenvalue weighted by Gasteiger charge is 2.25. The van der Waals surface area contributed by atoms with Gasteiger partial charge in [-0.05, 0) is 44.8 Å². The lowest BCUT2D eigenvalue weighted by atomic mass is 10.2. The van der Waals surface area contributed by atoms with Crippen LogP contribution in [0.3, 0.4) is 0 Å². The van der Waals surface area contributed by atoms with E-state index in [-0.39, 0.29) is 11.4 Å². The van der Waals surface area contributed by atoms with E-state index in [1.165, 1.54) is 23.1 Å². The monoisotopic (exact) mass is 398 g/mol. The van der Waals surface area contributed by atoms with Crippen LogP contribution in [0.2, 0.25) is 0 Å². The normalized spacial score (nSPS) is 13.4. The van der Waals surface area contributed by atoms with Gasteiger partial charge in [-0.2, -0.15) is 11.8 Å². The lowest BCUT2D eigenvalue weighted by molar-refractivity contribution is -0.151. The van der Waals surface area contributed by atoms with E-state index >= 15 is 0 Å². The third-order valence-electron chi connectivity index (χ3n) is 3.95. The number of rotatable bonds is 7. The van der Waals surface area contributed by atoms with Gasteiger partial charge in [-0.3, -0.25) is 4.79 Å². The minimum Gasteiger partial charge on any atom is -0.453 e. The zero-order valence-corrected chi connectivity index (χ0v) is 16.7. The molecule has 0 unspecified atom stereocenters. The van der Waals surface area contributed by atoms with Crippen LogP contribution in [0.15, 0.2) is 4.79 Å². The number of fused-ring (bicyclic) bond motifs is 1. The third-order valence-corrected chi connectivity index (χ3v) is 5.69. The number of urea groups is 1. The molecule has 0 aliphatic heterocycles. The number of thiophene rings is 1. The van der Waals surface area contributed by atoms with E-state index in [4.69, 9.17) is 10.5 Å². The van der Waals surface area contributed by atoms with Crippen LogP contribution in [0.25, 0.3) is 10.2 Å². The number of aromatic nitrogens is 2. The summed E-state index contributed by atoms with van der Waals surface area (Å²) in [5, 5.41) is 2.94. The third kappa shape index (κ3) is 4.55. The molecule has 0 bridgehead atoms. The van der Waals surface area contributed by atoms with Gasteiger partial charge in [0, 0.05) is 4.88 Å². The molecule has 0 fully saturated rings. The first-order chi connectivity index (χ1) is 12.2. The molecule has 26 heavy (non-hydrogen) atoms. The van der Waals surface area contributed by atoms with Crippen LogP contribution in [0.1, 0.15) is 35.7 Å². The first kappa shape index (κ1) is 20.2. The zero-order chi connectivity index (χ0) is 19.4. The maximum atomic E-state index is 12.4. The maximum absolute atomic E-state index is 12.4. The van der Waals surface area contributed by atoms with Gasteiger partial charge in [0.25, 0.3) is 5.56 Å². The Bertz CT molecular complexity index is 877. The number of primary amides is 1. The number of esters is 1. The molecule has 8 nitrogen and oxygen atoms in total. The maximum Gasteiger partial charge on any atom is 0.329 e. The Kier molecular flexibility index (Phi) is 6.65. The van der Waals surface area contributed by atoms with E-state index in [0.29, 0.717) is 22.4 Å². The molecule has 0 spiro atoms. The van der Waals surface area contributed by atoms with Crippen molar-refractivity contribution in [2.75, 3.05) is 12.0 Å². The summed E-state index contributed by atoms with van der Waals surface area (Å²) in [6.07, 6.45) is 1.51. The Morgan fingerprint density at radius 2 is 2.12 bits per heavy atom. The van der Waals surface area contributed by atoms with Crippen molar-refractivity contribution in [3.05, 3.63) is 26.6 Å². The van der Waals surface area contributed by atoms with Crippen LogP contribution < -0.4 is 16.6 Å². The molecule has 142 valence electrons. The average molecular weight is 399 g/mol. The molecule has 0 saturated heterocycles. The molecule has 0 aliphatic rings. The number of nitrogens with two attached hydrogens (primary N) is 1. The number of nitrogens with one attached hydrogen (secondary N) is 2. The number of thioether (sulfide) groups is 1. The highest BCUT2D eigenvalue weighted by atomic mass is 32.2. The largest absolute Gasteiger partial charge is 0.453 e. The molecule has 2 heterocycles. The summed E-state index contributed by atoms with van der Waals surface area (Å²) in [7, 11) is 0. The second-order valence-electron chi connectivity index (χ2n) is 5.84. The van der Waals surface area contributed by atoms with Crippen LogP contribution in [-0.4, -0.2) is 40.0 Å². The van der Waals surface area contributed by atoms with E-state index in [2.05, 4.69) is 15.3 Å². The lowest BCUT2D eigenvalue weighted by Crippen LogP contribution is -2.45. The summed E-state index contributed by atoms with van der Waals surface area (Å²) in [6, 6.07) is -1.64. The standard InChI is InChI=1S/C16H22N4O4S2/c1-7-9(3)26-14-11(7)13(21)19-12(20-14)8(2)24-15(22)10(5-6-25-4)18-16(17)23/h8,10H,5-6H2,1-4H3,(H3,17,18,23)(H,19,20,21)/t8-,10+/m0/s1. The van der Waals surface area contributed by atoms with E-state index < -0.39 is 24.1 Å². The van der Waals surface area contributed by atoms with E-state index in [0.717, 1.165) is 10.4 Å². The fraction of sp³-hybridized carbons (Fsp3) is 0.500. The van der Waals surface area contributed by atoms with Gasteiger partial charge in [0.15, 0.2) is 11.9 Å². The van der Waals surface area contributed by atoms with Crippen LogP contribution >= 0.6 is 23.1 Å². The fourth-order valence-corrected chi connectivity index (χ4v) is 3.94. The summed E-state index contributed by atoms with van der Waals surface area (Å²) < 4.78 is 5.39. The fourth-order valence-electron chi connectivity index (χ4n) is 2.43. The zero-order valence-electron chi connectivity index (χ0n) is 15.0. The molecule has 2 aromatic rings. The van der Waals surface area contributed by atoms with Gasteiger partial charge in [0.1, 0.15) is 10.9 Å². The number of hydrogen-bond donors (Lipinski definition) is 3. The summed E-state index contributed by atoms with van der Waals surface area (Å²) in [6.45, 7) is 5.42. The van der Waals surface area contributed by atoms with Crippen molar-refractivity contribution in [2.45, 2.75) is 39.3 Å². The van der Waals surface area contributed by atoms with E-state index in [9.17, 15) is 14.4 Å². The molecular formula is C16H22N4O4S2. The van der Waals surface area contributed by atoms with E-state index in [1.807, 2.05) is 20.1 Å². The number of carbonyl (C=O) groups excluding carboxylic acids is 2. The number of H-pyrrole nitrogens is 1. The summed E-state index contributed by atoms with van der Waals surface area (Å²) in [5.41, 5.74) is 5.76. The van der Waals surface area contributed by atoms with Crippen molar-refractivity contribution in [3.8, 4) is 0 Å². The average Bonchev–Trinajstić information content (AvgIpc) is 2.85. The molecule has 2 amide bonds. The van der Waals surface area contributed by atoms with Crippen molar-refractivity contribution in [1.82, 2.24) is 15.3 Å².